The van der Waals surface area contributed by atoms with E-state index in [0.717, 1.165) is 0 Å². The maximum absolute atomic E-state index is 12.2. The van der Waals surface area contributed by atoms with Crippen molar-refractivity contribution in [3.05, 3.63) is 33.8 Å². The molecule has 0 radical (unpaired) electrons. The molecule has 0 aliphatic rings. The Balaban J connectivity index is 2.86. The van der Waals surface area contributed by atoms with E-state index in [4.69, 9.17) is 23.2 Å². The molecule has 5 nitrogen and oxygen atoms in total. The summed E-state index contributed by atoms with van der Waals surface area (Å²) in [4.78, 5) is 28.7. The first-order chi connectivity index (χ1) is 9.85. The molecule has 0 heterocycles. The van der Waals surface area contributed by atoms with Crippen LogP contribution in [-0.4, -0.2) is 25.0 Å². The van der Waals surface area contributed by atoms with Crippen LogP contribution in [0.1, 0.15) is 30.6 Å². The molecule has 7 heteroatoms. The molecule has 0 saturated heterocycles. The largest absolute Gasteiger partial charge is 0.340 e. The molecule has 116 valence electrons. The highest BCUT2D eigenvalue weighted by molar-refractivity contribution is 6.36. The minimum absolute atomic E-state index is 0.221. The average molecular weight is 333 g/mol. The highest BCUT2D eigenvalue weighted by atomic mass is 35.5. The van der Waals surface area contributed by atoms with Crippen LogP contribution in [-0.2, 0) is 9.63 Å². The van der Waals surface area contributed by atoms with Gasteiger partial charge < -0.3 is 5.32 Å². The van der Waals surface area contributed by atoms with Gasteiger partial charge in [0, 0.05) is 5.02 Å². The van der Waals surface area contributed by atoms with Gasteiger partial charge in [-0.05, 0) is 30.5 Å². The third-order valence-electron chi connectivity index (χ3n) is 2.71. The number of hydroxylamine groups is 1. The Kier molecular flexibility index (Phi) is 6.95. The van der Waals surface area contributed by atoms with E-state index in [1.54, 1.807) is 6.07 Å². The van der Waals surface area contributed by atoms with E-state index in [2.05, 4.69) is 15.6 Å². The summed E-state index contributed by atoms with van der Waals surface area (Å²) in [5.41, 5.74) is 2.49. The number of nitrogens with one attached hydrogen (secondary N) is 2. The SMILES string of the molecule is CONC(=O)[C@H](CC(C)C)NC(=O)c1ccc(Cl)cc1Cl. The highest BCUT2D eigenvalue weighted by Crippen LogP contribution is 2.21. The maximum atomic E-state index is 12.2. The van der Waals surface area contributed by atoms with E-state index >= 15 is 0 Å². The standard InChI is InChI=1S/C14H18Cl2N2O3/c1-8(2)6-12(14(20)18-21-3)17-13(19)10-5-4-9(15)7-11(10)16/h4-5,7-8,12H,6H2,1-3H3,(H,17,19)(H,18,20)/t12-/m0/s1. The second-order valence-electron chi connectivity index (χ2n) is 4.95. The summed E-state index contributed by atoms with van der Waals surface area (Å²) in [6, 6.07) is 3.85. The second-order valence-corrected chi connectivity index (χ2v) is 5.79. The highest BCUT2D eigenvalue weighted by Gasteiger charge is 2.23. The van der Waals surface area contributed by atoms with Crippen molar-refractivity contribution in [1.29, 1.82) is 0 Å². The lowest BCUT2D eigenvalue weighted by atomic mass is 10.0. The van der Waals surface area contributed by atoms with E-state index in [-0.39, 0.29) is 16.5 Å². The molecule has 1 rings (SSSR count). The fraction of sp³-hybridized carbons (Fsp3) is 0.429. The van der Waals surface area contributed by atoms with E-state index in [9.17, 15) is 9.59 Å². The summed E-state index contributed by atoms with van der Waals surface area (Å²) in [5, 5.41) is 3.32. The zero-order valence-corrected chi connectivity index (χ0v) is 13.6. The van der Waals surface area contributed by atoms with Gasteiger partial charge in [-0.15, -0.1) is 0 Å². The van der Waals surface area contributed by atoms with Crippen LogP contribution in [0.5, 0.6) is 0 Å². The van der Waals surface area contributed by atoms with Crippen molar-refractivity contribution in [2.45, 2.75) is 26.3 Å². The predicted octanol–water partition coefficient (Wildman–Crippen LogP) is 2.82. The van der Waals surface area contributed by atoms with Gasteiger partial charge in [0.05, 0.1) is 17.7 Å². The van der Waals surface area contributed by atoms with Crippen molar-refractivity contribution in [2.24, 2.45) is 5.92 Å². The first kappa shape index (κ1) is 17.8. The van der Waals surface area contributed by atoms with E-state index in [1.807, 2.05) is 13.8 Å². The van der Waals surface area contributed by atoms with Crippen LogP contribution in [0.3, 0.4) is 0 Å². The Morgan fingerprint density at radius 2 is 1.95 bits per heavy atom. The van der Waals surface area contributed by atoms with Gasteiger partial charge in [-0.1, -0.05) is 37.0 Å². The van der Waals surface area contributed by atoms with Crippen molar-refractivity contribution in [3.8, 4) is 0 Å². The average Bonchev–Trinajstić information content (AvgIpc) is 2.37. The predicted molar refractivity (Wildman–Crippen MR) is 82.3 cm³/mol. The smallest absolute Gasteiger partial charge is 0.266 e. The zero-order chi connectivity index (χ0) is 16.0. The molecular formula is C14H18Cl2N2O3. The summed E-state index contributed by atoms with van der Waals surface area (Å²) < 4.78 is 0. The van der Waals surface area contributed by atoms with Crippen molar-refractivity contribution in [3.63, 3.8) is 0 Å². The molecule has 0 aliphatic heterocycles. The van der Waals surface area contributed by atoms with Gasteiger partial charge in [0.2, 0.25) is 0 Å². The summed E-state index contributed by atoms with van der Waals surface area (Å²) in [5.74, 6) is -0.628. The van der Waals surface area contributed by atoms with Gasteiger partial charge in [-0.3, -0.25) is 14.4 Å². The van der Waals surface area contributed by atoms with E-state index < -0.39 is 17.9 Å². The third-order valence-corrected chi connectivity index (χ3v) is 3.26. The number of hydrogen-bond donors (Lipinski definition) is 2. The van der Waals surface area contributed by atoms with Crippen LogP contribution in [0, 0.1) is 5.92 Å². The fourth-order valence-corrected chi connectivity index (χ4v) is 2.28. The maximum Gasteiger partial charge on any atom is 0.266 e. The first-order valence-corrected chi connectivity index (χ1v) is 7.19. The summed E-state index contributed by atoms with van der Waals surface area (Å²) in [6.07, 6.45) is 0.478. The first-order valence-electron chi connectivity index (χ1n) is 6.44. The Hall–Kier alpha value is -1.30. The molecule has 0 unspecified atom stereocenters. The number of carbonyl (C=O) groups is 2. The molecule has 2 N–H and O–H groups in total. The monoisotopic (exact) mass is 332 g/mol. The lowest BCUT2D eigenvalue weighted by Crippen LogP contribution is -2.47. The Morgan fingerprint density at radius 3 is 2.48 bits per heavy atom. The molecule has 2 amide bonds. The summed E-state index contributed by atoms with van der Waals surface area (Å²) in [6.45, 7) is 3.91. The second kappa shape index (κ2) is 8.22. The number of benzene rings is 1. The topological polar surface area (TPSA) is 67.4 Å². The molecule has 1 aromatic rings. The molecule has 0 bridgehead atoms. The van der Waals surface area contributed by atoms with Gasteiger partial charge in [0.25, 0.3) is 11.8 Å². The minimum atomic E-state index is -0.704. The van der Waals surface area contributed by atoms with Gasteiger partial charge in [-0.25, -0.2) is 5.48 Å². The van der Waals surface area contributed by atoms with Crippen LogP contribution in [0.15, 0.2) is 18.2 Å². The van der Waals surface area contributed by atoms with Crippen molar-refractivity contribution < 1.29 is 14.4 Å². The molecular weight excluding hydrogens is 315 g/mol. The third kappa shape index (κ3) is 5.53. The van der Waals surface area contributed by atoms with Gasteiger partial charge >= 0.3 is 0 Å². The molecule has 1 atom stereocenters. The zero-order valence-electron chi connectivity index (χ0n) is 12.1. The van der Waals surface area contributed by atoms with Gasteiger partial charge in [0.15, 0.2) is 0 Å². The van der Waals surface area contributed by atoms with Crippen molar-refractivity contribution >= 4 is 35.0 Å². The van der Waals surface area contributed by atoms with Gasteiger partial charge in [-0.2, -0.15) is 0 Å². The van der Waals surface area contributed by atoms with Gasteiger partial charge in [0.1, 0.15) is 6.04 Å². The molecule has 0 aromatic heterocycles. The van der Waals surface area contributed by atoms with Crippen molar-refractivity contribution in [2.75, 3.05) is 7.11 Å². The Bertz CT molecular complexity index is 521. The van der Waals surface area contributed by atoms with Crippen LogP contribution in [0.4, 0.5) is 0 Å². The van der Waals surface area contributed by atoms with Crippen LogP contribution in [0.2, 0.25) is 10.0 Å². The number of halogens is 2. The minimum Gasteiger partial charge on any atom is -0.340 e. The van der Waals surface area contributed by atoms with Crippen molar-refractivity contribution in [1.82, 2.24) is 10.8 Å². The molecule has 0 spiro atoms. The van der Waals surface area contributed by atoms with E-state index in [0.29, 0.717) is 11.4 Å². The number of hydrogen-bond acceptors (Lipinski definition) is 3. The number of amides is 2. The normalized spacial score (nSPS) is 12.1. The lowest BCUT2D eigenvalue weighted by Gasteiger charge is -2.19. The molecule has 1 aromatic carbocycles. The lowest BCUT2D eigenvalue weighted by molar-refractivity contribution is -0.133. The molecule has 0 fully saturated rings. The molecule has 21 heavy (non-hydrogen) atoms. The van der Waals surface area contributed by atoms with Crippen LogP contribution >= 0.6 is 23.2 Å². The van der Waals surface area contributed by atoms with Crippen LogP contribution < -0.4 is 10.8 Å². The summed E-state index contributed by atoms with van der Waals surface area (Å²) in [7, 11) is 1.34. The molecule has 0 aliphatic carbocycles. The quantitative estimate of drug-likeness (QED) is 0.787. The fourth-order valence-electron chi connectivity index (χ4n) is 1.78. The Morgan fingerprint density at radius 1 is 1.29 bits per heavy atom. The molecule has 0 saturated carbocycles. The summed E-state index contributed by atoms with van der Waals surface area (Å²) >= 11 is 11.8. The number of rotatable bonds is 6. The Labute approximate surface area is 133 Å². The van der Waals surface area contributed by atoms with E-state index in [1.165, 1.54) is 19.2 Å². The van der Waals surface area contributed by atoms with Crippen LogP contribution in [0.25, 0.3) is 0 Å². The number of carbonyl (C=O) groups excluding carboxylic acids is 2.